The Morgan fingerprint density at radius 1 is 1.29 bits per heavy atom. The van der Waals surface area contributed by atoms with Gasteiger partial charge in [-0.05, 0) is 32.2 Å². The standard InChI is InChI=1S/C12H19NO3.ClH/c1-12(14,8-13-2)10-7-9(15-3)5-6-11(10)16-4;/h5-7,13-14H,8H2,1-4H3;1H. The first-order valence-electron chi connectivity index (χ1n) is 5.14. The molecule has 1 aromatic rings. The van der Waals surface area contributed by atoms with Crippen LogP contribution in [0.2, 0.25) is 0 Å². The molecule has 2 N–H and O–H groups in total. The van der Waals surface area contributed by atoms with E-state index in [-0.39, 0.29) is 12.4 Å². The van der Waals surface area contributed by atoms with Gasteiger partial charge in [0.05, 0.1) is 14.2 Å². The minimum Gasteiger partial charge on any atom is -0.497 e. The number of aliphatic hydroxyl groups is 1. The Kier molecular flexibility index (Phi) is 6.31. The third kappa shape index (κ3) is 3.77. The predicted octanol–water partition coefficient (Wildman–Crippen LogP) is 1.55. The Morgan fingerprint density at radius 3 is 2.41 bits per heavy atom. The number of nitrogens with one attached hydrogen (secondary N) is 1. The zero-order valence-electron chi connectivity index (χ0n) is 10.6. The minimum absolute atomic E-state index is 0. The zero-order chi connectivity index (χ0) is 12.2. The Morgan fingerprint density at radius 2 is 1.94 bits per heavy atom. The van der Waals surface area contributed by atoms with Gasteiger partial charge in [-0.15, -0.1) is 12.4 Å². The van der Waals surface area contributed by atoms with Crippen molar-refractivity contribution in [2.24, 2.45) is 0 Å². The molecule has 0 spiro atoms. The number of ether oxygens (including phenoxy) is 2. The molecule has 1 rings (SSSR count). The Balaban J connectivity index is 0.00000256. The maximum absolute atomic E-state index is 10.3. The van der Waals surface area contributed by atoms with Crippen molar-refractivity contribution in [3.63, 3.8) is 0 Å². The Bertz CT molecular complexity index is 356. The van der Waals surface area contributed by atoms with Crippen LogP contribution in [0, 0.1) is 0 Å². The van der Waals surface area contributed by atoms with Crippen molar-refractivity contribution in [2.75, 3.05) is 27.8 Å². The van der Waals surface area contributed by atoms with Gasteiger partial charge in [0, 0.05) is 12.1 Å². The third-order valence-corrected chi connectivity index (χ3v) is 2.51. The maximum atomic E-state index is 10.3. The fourth-order valence-electron chi connectivity index (χ4n) is 1.67. The van der Waals surface area contributed by atoms with Crippen LogP contribution >= 0.6 is 12.4 Å². The zero-order valence-corrected chi connectivity index (χ0v) is 11.4. The van der Waals surface area contributed by atoms with Crippen LogP contribution < -0.4 is 14.8 Å². The second-order valence-corrected chi connectivity index (χ2v) is 3.87. The average Bonchev–Trinajstić information content (AvgIpc) is 2.28. The lowest BCUT2D eigenvalue weighted by Gasteiger charge is -2.25. The van der Waals surface area contributed by atoms with E-state index < -0.39 is 5.60 Å². The van der Waals surface area contributed by atoms with E-state index in [1.165, 1.54) is 0 Å². The predicted molar refractivity (Wildman–Crippen MR) is 70.3 cm³/mol. The van der Waals surface area contributed by atoms with Gasteiger partial charge >= 0.3 is 0 Å². The van der Waals surface area contributed by atoms with Crippen molar-refractivity contribution in [1.82, 2.24) is 5.32 Å². The van der Waals surface area contributed by atoms with Crippen molar-refractivity contribution in [3.05, 3.63) is 23.8 Å². The lowest BCUT2D eigenvalue weighted by atomic mass is 9.94. The summed E-state index contributed by atoms with van der Waals surface area (Å²) in [6.07, 6.45) is 0. The lowest BCUT2D eigenvalue weighted by Crippen LogP contribution is -2.33. The molecule has 4 nitrogen and oxygen atoms in total. The first-order valence-corrected chi connectivity index (χ1v) is 5.14. The molecule has 5 heteroatoms. The molecule has 0 heterocycles. The van der Waals surface area contributed by atoms with Gasteiger partial charge in [0.1, 0.15) is 17.1 Å². The van der Waals surface area contributed by atoms with Crippen LogP contribution in [-0.4, -0.2) is 32.9 Å². The molecule has 0 aliphatic heterocycles. The molecule has 1 unspecified atom stereocenters. The summed E-state index contributed by atoms with van der Waals surface area (Å²) in [4.78, 5) is 0. The highest BCUT2D eigenvalue weighted by atomic mass is 35.5. The second-order valence-electron chi connectivity index (χ2n) is 3.87. The van der Waals surface area contributed by atoms with E-state index in [0.717, 1.165) is 0 Å². The summed E-state index contributed by atoms with van der Waals surface area (Å²) < 4.78 is 10.4. The summed E-state index contributed by atoms with van der Waals surface area (Å²) in [6, 6.07) is 5.38. The van der Waals surface area contributed by atoms with Gasteiger partial charge in [-0.3, -0.25) is 0 Å². The molecule has 0 saturated heterocycles. The maximum Gasteiger partial charge on any atom is 0.125 e. The highest BCUT2D eigenvalue weighted by Gasteiger charge is 2.26. The number of rotatable bonds is 5. The molecule has 17 heavy (non-hydrogen) atoms. The minimum atomic E-state index is -0.991. The van der Waals surface area contributed by atoms with Gasteiger partial charge in [-0.1, -0.05) is 0 Å². The van der Waals surface area contributed by atoms with E-state index in [2.05, 4.69) is 5.32 Å². The molecule has 1 aromatic carbocycles. The third-order valence-electron chi connectivity index (χ3n) is 2.51. The van der Waals surface area contributed by atoms with Gasteiger partial charge in [-0.25, -0.2) is 0 Å². The van der Waals surface area contributed by atoms with Crippen LogP contribution in [0.4, 0.5) is 0 Å². The quantitative estimate of drug-likeness (QED) is 0.845. The van der Waals surface area contributed by atoms with E-state index in [4.69, 9.17) is 9.47 Å². The molecule has 0 saturated carbocycles. The molecule has 0 aromatic heterocycles. The van der Waals surface area contributed by atoms with Gasteiger partial charge in [0.25, 0.3) is 0 Å². The van der Waals surface area contributed by atoms with Crippen molar-refractivity contribution in [2.45, 2.75) is 12.5 Å². The summed E-state index contributed by atoms with van der Waals surface area (Å²) in [5.41, 5.74) is -0.280. The molecule has 0 aliphatic carbocycles. The molecule has 0 bridgehead atoms. The largest absolute Gasteiger partial charge is 0.497 e. The summed E-state index contributed by atoms with van der Waals surface area (Å²) >= 11 is 0. The SMILES string of the molecule is CNCC(C)(O)c1cc(OC)ccc1OC.Cl. The molecule has 0 aliphatic rings. The summed E-state index contributed by atoms with van der Waals surface area (Å²) in [5.74, 6) is 1.35. The van der Waals surface area contributed by atoms with Gasteiger partial charge in [0.2, 0.25) is 0 Å². The van der Waals surface area contributed by atoms with E-state index >= 15 is 0 Å². The van der Waals surface area contributed by atoms with Crippen molar-refractivity contribution >= 4 is 12.4 Å². The van der Waals surface area contributed by atoms with E-state index in [1.54, 1.807) is 46.4 Å². The van der Waals surface area contributed by atoms with Gasteiger partial charge in [0.15, 0.2) is 0 Å². The highest BCUT2D eigenvalue weighted by Crippen LogP contribution is 2.32. The molecule has 0 radical (unpaired) electrons. The number of likely N-dealkylation sites (N-methyl/N-ethyl adjacent to an activating group) is 1. The molecule has 1 atom stereocenters. The average molecular weight is 262 g/mol. The fraction of sp³-hybridized carbons (Fsp3) is 0.500. The number of halogens is 1. The van der Waals surface area contributed by atoms with Crippen LogP contribution in [0.15, 0.2) is 18.2 Å². The normalized spacial score (nSPS) is 13.5. The van der Waals surface area contributed by atoms with Crippen LogP contribution in [0.25, 0.3) is 0 Å². The van der Waals surface area contributed by atoms with Crippen LogP contribution in [0.3, 0.4) is 0 Å². The summed E-state index contributed by atoms with van der Waals surface area (Å²) in [7, 11) is 4.97. The fourth-order valence-corrected chi connectivity index (χ4v) is 1.67. The molecular formula is C12H20ClNO3. The first-order chi connectivity index (χ1) is 7.55. The van der Waals surface area contributed by atoms with Gasteiger partial charge < -0.3 is 19.9 Å². The Hall–Kier alpha value is -0.970. The first kappa shape index (κ1) is 16.0. The van der Waals surface area contributed by atoms with E-state index in [0.29, 0.717) is 23.6 Å². The number of hydrogen-bond donors (Lipinski definition) is 2. The van der Waals surface area contributed by atoms with Crippen molar-refractivity contribution in [3.8, 4) is 11.5 Å². The van der Waals surface area contributed by atoms with Crippen LogP contribution in [-0.2, 0) is 5.60 Å². The van der Waals surface area contributed by atoms with Crippen LogP contribution in [0.1, 0.15) is 12.5 Å². The van der Waals surface area contributed by atoms with Crippen LogP contribution in [0.5, 0.6) is 11.5 Å². The number of hydrogen-bond acceptors (Lipinski definition) is 4. The summed E-state index contributed by atoms with van der Waals surface area (Å²) in [5, 5.41) is 13.3. The van der Waals surface area contributed by atoms with Crippen molar-refractivity contribution in [1.29, 1.82) is 0 Å². The summed E-state index contributed by atoms with van der Waals surface area (Å²) in [6.45, 7) is 2.18. The molecule has 0 amide bonds. The highest BCUT2D eigenvalue weighted by molar-refractivity contribution is 5.85. The monoisotopic (exact) mass is 261 g/mol. The number of methoxy groups -OCH3 is 2. The molecule has 98 valence electrons. The van der Waals surface area contributed by atoms with E-state index in [1.807, 2.05) is 0 Å². The molecule has 0 fully saturated rings. The number of benzene rings is 1. The smallest absolute Gasteiger partial charge is 0.125 e. The lowest BCUT2D eigenvalue weighted by molar-refractivity contribution is 0.0563. The van der Waals surface area contributed by atoms with Crippen molar-refractivity contribution < 1.29 is 14.6 Å². The Labute approximate surface area is 108 Å². The molecular weight excluding hydrogens is 242 g/mol. The second kappa shape index (κ2) is 6.69. The van der Waals surface area contributed by atoms with Gasteiger partial charge in [-0.2, -0.15) is 0 Å². The topological polar surface area (TPSA) is 50.7 Å². The van der Waals surface area contributed by atoms with E-state index in [9.17, 15) is 5.11 Å².